The van der Waals surface area contributed by atoms with E-state index in [-0.39, 0.29) is 29.6 Å². The first-order valence-corrected chi connectivity index (χ1v) is 18.2. The molecule has 0 spiro atoms. The van der Waals surface area contributed by atoms with E-state index in [1.54, 1.807) is 43.1 Å². The third-order valence-corrected chi connectivity index (χ3v) is 11.7. The number of fused-ring (bicyclic) bond motifs is 5. The lowest BCUT2D eigenvalue weighted by Crippen LogP contribution is -2.43. The highest BCUT2D eigenvalue weighted by Crippen LogP contribution is 2.59. The summed E-state index contributed by atoms with van der Waals surface area (Å²) in [5.41, 5.74) is -1.68. The number of halogens is 7. The van der Waals surface area contributed by atoms with E-state index in [1.807, 2.05) is 51.1 Å². The van der Waals surface area contributed by atoms with Gasteiger partial charge in [0.15, 0.2) is 5.67 Å². The Morgan fingerprint density at radius 1 is 0.855 bits per heavy atom. The molecular weight excluding hydrogens is 721 g/mol. The number of hydrogen-bond donors (Lipinski definition) is 2. The van der Waals surface area contributed by atoms with Crippen molar-refractivity contribution >= 4 is 22.9 Å². The number of likely N-dealkylation sites (tertiary alicyclic amines) is 1. The standard InChI is InChI=1S/C43H41F7N4O/c1-7-24-12-9-10-14-28(24)38(55)54-19-18-31-37(54)40(5,44)21-33-29-15-11-13-25(8-2)34(29)52-36(41(31,33)6)30-23-53(39(3,4)35(30)51)22-26-16-17-27(42(45,46)47)20-32(26)43(48,49)50/h9-21,51-52H,7-8,22-23H2,1-6H3/b36-30-,51-35?. The van der Waals surface area contributed by atoms with Crippen molar-refractivity contribution in [3.8, 4) is 0 Å². The molecule has 0 radical (unpaired) electrons. The van der Waals surface area contributed by atoms with Gasteiger partial charge in [0.2, 0.25) is 0 Å². The first-order valence-electron chi connectivity index (χ1n) is 18.2. The molecule has 2 aliphatic heterocycles. The number of benzene rings is 3. The second-order valence-corrected chi connectivity index (χ2v) is 15.4. The van der Waals surface area contributed by atoms with Crippen molar-refractivity contribution in [3.63, 3.8) is 0 Å². The van der Waals surface area contributed by atoms with Gasteiger partial charge in [-0.25, -0.2) is 4.39 Å². The topological polar surface area (TPSA) is 61.1 Å². The molecule has 12 heteroatoms. The maximum absolute atomic E-state index is 17.4. The molecule has 0 bridgehead atoms. The minimum Gasteiger partial charge on any atom is -0.357 e. The van der Waals surface area contributed by atoms with Crippen molar-refractivity contribution in [1.29, 1.82) is 5.41 Å². The smallest absolute Gasteiger partial charge is 0.357 e. The van der Waals surface area contributed by atoms with Crippen LogP contribution in [-0.4, -0.2) is 33.2 Å². The average molecular weight is 763 g/mol. The van der Waals surface area contributed by atoms with Gasteiger partial charge in [-0.15, -0.1) is 0 Å². The van der Waals surface area contributed by atoms with Crippen LogP contribution in [0.4, 0.5) is 36.4 Å². The number of carbonyl (C=O) groups excluding carboxylic acids is 1. The van der Waals surface area contributed by atoms with Crippen molar-refractivity contribution in [1.82, 2.24) is 9.47 Å². The van der Waals surface area contributed by atoms with Crippen LogP contribution in [0.25, 0.3) is 5.57 Å². The molecule has 0 amide bonds. The van der Waals surface area contributed by atoms with Crippen molar-refractivity contribution in [2.75, 3.05) is 11.9 Å². The number of alkyl halides is 7. The summed E-state index contributed by atoms with van der Waals surface area (Å²) in [4.78, 5) is 15.9. The average Bonchev–Trinajstić information content (AvgIpc) is 3.68. The van der Waals surface area contributed by atoms with Crippen LogP contribution >= 0.6 is 0 Å². The van der Waals surface area contributed by atoms with Crippen LogP contribution in [0.3, 0.4) is 0 Å². The summed E-state index contributed by atoms with van der Waals surface area (Å²) in [6.45, 7) is 10.2. The molecule has 1 aliphatic carbocycles. The van der Waals surface area contributed by atoms with Gasteiger partial charge in [0.05, 0.1) is 33.5 Å². The van der Waals surface area contributed by atoms with Gasteiger partial charge >= 0.3 is 12.4 Å². The number of carbonyl (C=O) groups is 1. The van der Waals surface area contributed by atoms with E-state index in [0.717, 1.165) is 22.8 Å². The molecule has 1 aromatic heterocycles. The number of anilines is 1. The summed E-state index contributed by atoms with van der Waals surface area (Å²) in [7, 11) is 0. The zero-order valence-electron chi connectivity index (χ0n) is 31.3. The lowest BCUT2D eigenvalue weighted by Gasteiger charge is -2.47. The van der Waals surface area contributed by atoms with Crippen LogP contribution in [0.2, 0.25) is 0 Å². The molecule has 1 saturated heterocycles. The SMILES string of the molecule is CCc1ccccc1C(=O)n1ccc2c1C(C)(F)C=C1c3cccc(CC)c3N/C(=C3/CN(Cc4ccc(C(F)(F)F)cc4C(F)(F)F)C(C)(C)C3=N)C12C. The Balaban J connectivity index is 1.43. The summed E-state index contributed by atoms with van der Waals surface area (Å²) in [5, 5.41) is 13.2. The Morgan fingerprint density at radius 3 is 2.18 bits per heavy atom. The number of aryl methyl sites for hydroxylation is 2. The highest BCUT2D eigenvalue weighted by Gasteiger charge is 2.54. The molecule has 3 aliphatic rings. The van der Waals surface area contributed by atoms with Crippen LogP contribution in [-0.2, 0) is 42.8 Å². The molecule has 7 rings (SSSR count). The number of nitrogens with one attached hydrogen (secondary N) is 2. The van der Waals surface area contributed by atoms with Gasteiger partial charge in [0.25, 0.3) is 5.91 Å². The zero-order valence-corrected chi connectivity index (χ0v) is 31.3. The predicted molar refractivity (Wildman–Crippen MR) is 199 cm³/mol. The van der Waals surface area contributed by atoms with Crippen LogP contribution in [0, 0.1) is 5.41 Å². The molecule has 1 fully saturated rings. The maximum atomic E-state index is 17.4. The first kappa shape index (κ1) is 38.3. The summed E-state index contributed by atoms with van der Waals surface area (Å²) in [6.07, 6.45) is -5.73. The number of allylic oxidation sites excluding steroid dienone is 2. The van der Waals surface area contributed by atoms with Gasteiger partial charge in [0.1, 0.15) is 0 Å². The highest BCUT2D eigenvalue weighted by atomic mass is 19.4. The molecule has 4 aromatic rings. The van der Waals surface area contributed by atoms with Gasteiger partial charge in [-0.1, -0.05) is 56.3 Å². The summed E-state index contributed by atoms with van der Waals surface area (Å²) < 4.78 is 102. The molecule has 288 valence electrons. The lowest BCUT2D eigenvalue weighted by atomic mass is 9.62. The van der Waals surface area contributed by atoms with Gasteiger partial charge in [-0.05, 0) is 98.7 Å². The quantitative estimate of drug-likeness (QED) is 0.199. The Bertz CT molecular complexity index is 2330. The molecule has 2 unspecified atom stereocenters. The summed E-state index contributed by atoms with van der Waals surface area (Å²) >= 11 is 0. The van der Waals surface area contributed by atoms with Crippen LogP contribution in [0.1, 0.15) is 96.5 Å². The van der Waals surface area contributed by atoms with Crippen LogP contribution in [0.5, 0.6) is 0 Å². The van der Waals surface area contributed by atoms with E-state index in [0.29, 0.717) is 52.6 Å². The maximum Gasteiger partial charge on any atom is 0.416 e. The second kappa shape index (κ2) is 12.8. The third kappa shape index (κ3) is 5.95. The van der Waals surface area contributed by atoms with Gasteiger partial charge < -0.3 is 10.7 Å². The fourth-order valence-corrected chi connectivity index (χ4v) is 8.62. The normalized spacial score (nSPS) is 23.5. The van der Waals surface area contributed by atoms with E-state index in [1.165, 1.54) is 17.6 Å². The van der Waals surface area contributed by atoms with E-state index in [9.17, 15) is 36.5 Å². The summed E-state index contributed by atoms with van der Waals surface area (Å²) in [5.74, 6) is -0.396. The van der Waals surface area contributed by atoms with Gasteiger partial charge in [-0.3, -0.25) is 14.3 Å². The zero-order chi connectivity index (χ0) is 40.0. The number of rotatable bonds is 5. The molecular formula is C43H41F7N4O. The monoisotopic (exact) mass is 762 g/mol. The Hall–Kier alpha value is -4.97. The Morgan fingerprint density at radius 2 is 1.53 bits per heavy atom. The fourth-order valence-electron chi connectivity index (χ4n) is 8.62. The van der Waals surface area contributed by atoms with E-state index in [4.69, 9.17) is 0 Å². The highest BCUT2D eigenvalue weighted by molar-refractivity contribution is 6.10. The largest absolute Gasteiger partial charge is 0.416 e. The summed E-state index contributed by atoms with van der Waals surface area (Å²) in [6, 6.07) is 16.3. The Kier molecular flexibility index (Phi) is 8.91. The molecule has 2 atom stereocenters. The molecule has 2 N–H and O–H groups in total. The van der Waals surface area contributed by atoms with Gasteiger partial charge in [-0.2, -0.15) is 26.3 Å². The van der Waals surface area contributed by atoms with Gasteiger partial charge in [0, 0.05) is 47.4 Å². The van der Waals surface area contributed by atoms with E-state index < -0.39 is 52.6 Å². The number of nitrogens with zero attached hydrogens (tertiary/aromatic N) is 2. The van der Waals surface area contributed by atoms with Crippen molar-refractivity contribution in [3.05, 3.63) is 140 Å². The number of hydrogen-bond acceptors (Lipinski definition) is 4. The van der Waals surface area contributed by atoms with E-state index in [2.05, 4.69) is 5.32 Å². The predicted octanol–water partition coefficient (Wildman–Crippen LogP) is 10.9. The van der Waals surface area contributed by atoms with Crippen molar-refractivity contribution in [2.45, 2.75) is 89.9 Å². The molecule has 3 aromatic carbocycles. The number of para-hydroxylation sites is 1. The van der Waals surface area contributed by atoms with Crippen molar-refractivity contribution in [2.24, 2.45) is 0 Å². The van der Waals surface area contributed by atoms with Crippen LogP contribution in [0.15, 0.2) is 90.3 Å². The fraction of sp³-hybridized carbons (Fsp3) is 0.349. The van der Waals surface area contributed by atoms with Crippen molar-refractivity contribution < 1.29 is 35.5 Å². The third-order valence-electron chi connectivity index (χ3n) is 11.7. The molecule has 0 saturated carbocycles. The molecule has 55 heavy (non-hydrogen) atoms. The first-order chi connectivity index (χ1) is 25.7. The minimum absolute atomic E-state index is 0.0370. The molecule has 5 nitrogen and oxygen atoms in total. The minimum atomic E-state index is -5.06. The molecule has 3 heterocycles. The van der Waals surface area contributed by atoms with Crippen LogP contribution < -0.4 is 5.32 Å². The lowest BCUT2D eigenvalue weighted by molar-refractivity contribution is -0.143. The van der Waals surface area contributed by atoms with E-state index >= 15 is 4.39 Å². The number of aromatic nitrogens is 1. The second-order valence-electron chi connectivity index (χ2n) is 15.4. The Labute approximate surface area is 315 Å².